The highest BCUT2D eigenvalue weighted by Gasteiger charge is 2.26. The Hall–Kier alpha value is -1.03. The predicted octanol–water partition coefficient (Wildman–Crippen LogP) is 2.21. The van der Waals surface area contributed by atoms with Gasteiger partial charge in [0, 0.05) is 31.8 Å². The van der Waals surface area contributed by atoms with E-state index in [4.69, 9.17) is 4.74 Å². The summed E-state index contributed by atoms with van der Waals surface area (Å²) < 4.78 is 31.3. The average molecular weight is 444 g/mol. The maximum atomic E-state index is 11.6. The molecule has 8 nitrogen and oxygen atoms in total. The molecule has 0 spiro atoms. The van der Waals surface area contributed by atoms with Crippen molar-refractivity contribution in [1.82, 2.24) is 25.2 Å². The molecular weight excluding hydrogens is 402 g/mol. The van der Waals surface area contributed by atoms with Crippen molar-refractivity contribution < 1.29 is 13.2 Å². The lowest BCUT2D eigenvalue weighted by Gasteiger charge is -2.31. The van der Waals surface area contributed by atoms with E-state index in [0.717, 1.165) is 25.1 Å². The molecule has 1 fully saturated rings. The summed E-state index contributed by atoms with van der Waals surface area (Å²) >= 11 is 0. The van der Waals surface area contributed by atoms with Gasteiger partial charge in [-0.05, 0) is 67.9 Å². The number of aromatic nitrogens is 3. The second-order valence-corrected chi connectivity index (χ2v) is 13.0. The van der Waals surface area contributed by atoms with Gasteiger partial charge < -0.3 is 10.1 Å². The highest BCUT2D eigenvalue weighted by Crippen LogP contribution is 2.22. The Bertz CT molecular complexity index is 767. The number of sulfone groups is 1. The zero-order valence-electron chi connectivity index (χ0n) is 19.9. The van der Waals surface area contributed by atoms with E-state index in [1.54, 1.807) is 0 Å². The zero-order chi connectivity index (χ0) is 22.6. The lowest BCUT2D eigenvalue weighted by molar-refractivity contribution is -0.0342. The molecule has 0 unspecified atom stereocenters. The summed E-state index contributed by atoms with van der Waals surface area (Å²) in [7, 11) is -2.86. The van der Waals surface area contributed by atoms with Crippen LogP contribution in [0.3, 0.4) is 0 Å². The molecule has 174 valence electrons. The lowest BCUT2D eigenvalue weighted by atomic mass is 10.0. The maximum Gasteiger partial charge on any atom is 0.152 e. The molecule has 0 aliphatic carbocycles. The fraction of sp³-hybridized carbons (Fsp3) is 0.905. The van der Waals surface area contributed by atoms with Gasteiger partial charge in [-0.25, -0.2) is 13.1 Å². The minimum Gasteiger partial charge on any atom is -0.375 e. The third kappa shape index (κ3) is 8.61. The molecule has 1 aromatic rings. The Labute approximate surface area is 182 Å². The number of nitrogens with zero attached hydrogens (tertiary/aromatic N) is 4. The van der Waals surface area contributed by atoms with Gasteiger partial charge >= 0.3 is 0 Å². The van der Waals surface area contributed by atoms with Crippen LogP contribution in [0, 0.1) is 0 Å². The molecule has 0 atom stereocenters. The van der Waals surface area contributed by atoms with Crippen molar-refractivity contribution >= 4 is 9.84 Å². The molecule has 1 N–H and O–H groups in total. The van der Waals surface area contributed by atoms with Gasteiger partial charge in [-0.1, -0.05) is 5.21 Å². The monoisotopic (exact) mass is 443 g/mol. The quantitative estimate of drug-likeness (QED) is 0.593. The van der Waals surface area contributed by atoms with Gasteiger partial charge in [-0.2, -0.15) is 0 Å². The molecule has 1 aliphatic heterocycles. The van der Waals surface area contributed by atoms with Crippen LogP contribution in [0.1, 0.15) is 67.0 Å². The van der Waals surface area contributed by atoms with Crippen molar-refractivity contribution in [2.45, 2.75) is 84.5 Å². The van der Waals surface area contributed by atoms with Gasteiger partial charge in [0.2, 0.25) is 0 Å². The lowest BCUT2D eigenvalue weighted by Crippen LogP contribution is -2.40. The molecule has 0 radical (unpaired) electrons. The standard InChI is InChI=1S/C21H41N5O3S/c1-19(2,3)22-10-8-21(6,7)29-13-9-20(4,5)26-17-18(23-24-26)16-25-11-14-30(27,28)15-12-25/h17,22H,8-16H2,1-7H3. The Morgan fingerprint density at radius 2 is 1.70 bits per heavy atom. The van der Waals surface area contributed by atoms with E-state index >= 15 is 0 Å². The first-order valence-corrected chi connectivity index (χ1v) is 12.7. The number of hydrogen-bond donors (Lipinski definition) is 1. The number of nitrogens with one attached hydrogen (secondary N) is 1. The molecule has 2 rings (SSSR count). The first-order valence-electron chi connectivity index (χ1n) is 10.9. The van der Waals surface area contributed by atoms with E-state index in [1.807, 2.05) is 10.9 Å². The SMILES string of the molecule is CC(C)(C)NCCC(C)(C)OCCC(C)(C)n1cc(CN2CCS(=O)(=O)CC2)nn1. The molecule has 2 heterocycles. The van der Waals surface area contributed by atoms with Gasteiger partial charge in [0.1, 0.15) is 0 Å². The normalized spacial score (nSPS) is 18.6. The summed E-state index contributed by atoms with van der Waals surface area (Å²) in [5.41, 5.74) is 0.592. The van der Waals surface area contributed by atoms with Crippen LogP contribution in [0.25, 0.3) is 0 Å². The summed E-state index contributed by atoms with van der Waals surface area (Å²) in [6.07, 6.45) is 3.75. The summed E-state index contributed by atoms with van der Waals surface area (Å²) in [5.74, 6) is 0.454. The Morgan fingerprint density at radius 3 is 2.30 bits per heavy atom. The second kappa shape index (κ2) is 9.63. The number of hydrogen-bond acceptors (Lipinski definition) is 7. The van der Waals surface area contributed by atoms with Crippen LogP contribution in [0.15, 0.2) is 6.20 Å². The molecule has 1 aliphatic rings. The van der Waals surface area contributed by atoms with Gasteiger partial charge in [0.15, 0.2) is 9.84 Å². The van der Waals surface area contributed by atoms with Crippen LogP contribution >= 0.6 is 0 Å². The van der Waals surface area contributed by atoms with E-state index in [2.05, 4.69) is 69.0 Å². The third-order valence-electron chi connectivity index (χ3n) is 5.57. The second-order valence-electron chi connectivity index (χ2n) is 10.7. The van der Waals surface area contributed by atoms with Gasteiger partial charge in [-0.3, -0.25) is 4.90 Å². The summed E-state index contributed by atoms with van der Waals surface area (Å²) in [4.78, 5) is 2.12. The maximum absolute atomic E-state index is 11.6. The van der Waals surface area contributed by atoms with Crippen LogP contribution in [0.2, 0.25) is 0 Å². The average Bonchev–Trinajstić information content (AvgIpc) is 3.04. The van der Waals surface area contributed by atoms with Crippen molar-refractivity contribution in [3.05, 3.63) is 11.9 Å². The van der Waals surface area contributed by atoms with Crippen LogP contribution in [0.4, 0.5) is 0 Å². The minimum atomic E-state index is -2.86. The number of ether oxygens (including phenoxy) is 1. The molecule has 30 heavy (non-hydrogen) atoms. The molecule has 0 amide bonds. The molecule has 1 saturated heterocycles. The highest BCUT2D eigenvalue weighted by atomic mass is 32.2. The molecule has 0 bridgehead atoms. The smallest absolute Gasteiger partial charge is 0.152 e. The van der Waals surface area contributed by atoms with E-state index < -0.39 is 9.84 Å². The zero-order valence-corrected chi connectivity index (χ0v) is 20.7. The summed E-state index contributed by atoms with van der Waals surface area (Å²) in [5, 5.41) is 12.1. The molecule has 0 aromatic carbocycles. The molecular formula is C21H41N5O3S. The van der Waals surface area contributed by atoms with E-state index in [-0.39, 0.29) is 28.2 Å². The number of rotatable bonds is 10. The third-order valence-corrected chi connectivity index (χ3v) is 7.18. The van der Waals surface area contributed by atoms with Crippen LogP contribution in [0.5, 0.6) is 0 Å². The Balaban J connectivity index is 1.80. The first kappa shape index (κ1) is 25.2. The van der Waals surface area contributed by atoms with Crippen molar-refractivity contribution in [3.63, 3.8) is 0 Å². The molecule has 9 heteroatoms. The largest absolute Gasteiger partial charge is 0.375 e. The summed E-state index contributed by atoms with van der Waals surface area (Å²) in [6.45, 7) is 18.4. The van der Waals surface area contributed by atoms with Crippen molar-refractivity contribution in [2.75, 3.05) is 37.7 Å². The van der Waals surface area contributed by atoms with Crippen LogP contribution in [-0.4, -0.2) is 77.2 Å². The predicted molar refractivity (Wildman–Crippen MR) is 120 cm³/mol. The van der Waals surface area contributed by atoms with Gasteiger partial charge in [0.25, 0.3) is 0 Å². The molecule has 1 aromatic heterocycles. The Morgan fingerprint density at radius 1 is 1.07 bits per heavy atom. The Kier molecular flexibility index (Phi) is 8.10. The topological polar surface area (TPSA) is 89.4 Å². The van der Waals surface area contributed by atoms with E-state index in [0.29, 0.717) is 26.2 Å². The highest BCUT2D eigenvalue weighted by molar-refractivity contribution is 7.91. The van der Waals surface area contributed by atoms with Crippen molar-refractivity contribution in [2.24, 2.45) is 0 Å². The van der Waals surface area contributed by atoms with Crippen LogP contribution < -0.4 is 5.32 Å². The van der Waals surface area contributed by atoms with E-state index in [1.165, 1.54) is 0 Å². The van der Waals surface area contributed by atoms with Crippen molar-refractivity contribution in [1.29, 1.82) is 0 Å². The fourth-order valence-electron chi connectivity index (χ4n) is 3.31. The molecule has 0 saturated carbocycles. The van der Waals surface area contributed by atoms with Gasteiger partial charge in [0.05, 0.1) is 34.5 Å². The van der Waals surface area contributed by atoms with Crippen LogP contribution in [-0.2, 0) is 26.7 Å². The first-order chi connectivity index (χ1) is 13.7. The van der Waals surface area contributed by atoms with Gasteiger partial charge in [-0.15, -0.1) is 5.10 Å². The van der Waals surface area contributed by atoms with E-state index in [9.17, 15) is 8.42 Å². The summed E-state index contributed by atoms with van der Waals surface area (Å²) in [6, 6.07) is 0. The fourth-order valence-corrected chi connectivity index (χ4v) is 4.58. The van der Waals surface area contributed by atoms with Crippen molar-refractivity contribution in [3.8, 4) is 0 Å². The minimum absolute atomic E-state index is 0.116.